The number of halogens is 1. The maximum atomic E-state index is 13.5. The third kappa shape index (κ3) is 5.04. The maximum absolute atomic E-state index is 13.5. The van der Waals surface area contributed by atoms with Gasteiger partial charge in [-0.1, -0.05) is 12.1 Å². The summed E-state index contributed by atoms with van der Waals surface area (Å²) in [4.78, 5) is 9.32. The minimum absolute atomic E-state index is 0.205. The zero-order valence-electron chi connectivity index (χ0n) is 16.5. The van der Waals surface area contributed by atoms with Gasteiger partial charge in [0.15, 0.2) is 5.96 Å². The molecule has 0 aliphatic carbocycles. The van der Waals surface area contributed by atoms with Crippen molar-refractivity contribution in [2.24, 2.45) is 4.99 Å². The van der Waals surface area contributed by atoms with Gasteiger partial charge in [-0.05, 0) is 55.5 Å². The van der Waals surface area contributed by atoms with Crippen LogP contribution in [0.1, 0.15) is 29.4 Å². The fourth-order valence-corrected chi connectivity index (χ4v) is 3.58. The highest BCUT2D eigenvalue weighted by Gasteiger charge is 2.07. The molecule has 0 amide bonds. The molecule has 2 heterocycles. The van der Waals surface area contributed by atoms with Crippen LogP contribution >= 0.6 is 11.8 Å². The summed E-state index contributed by atoms with van der Waals surface area (Å²) >= 11 is 1.68. The Morgan fingerprint density at radius 2 is 2.07 bits per heavy atom. The lowest BCUT2D eigenvalue weighted by molar-refractivity contribution is 0.625. The van der Waals surface area contributed by atoms with Crippen molar-refractivity contribution in [1.29, 1.82) is 0 Å². The lowest BCUT2D eigenvalue weighted by atomic mass is 10.1. The van der Waals surface area contributed by atoms with Gasteiger partial charge in [-0.25, -0.2) is 14.4 Å². The van der Waals surface area contributed by atoms with Crippen molar-refractivity contribution in [3.05, 3.63) is 70.9 Å². The third-order valence-corrected chi connectivity index (χ3v) is 5.00. The van der Waals surface area contributed by atoms with Crippen LogP contribution in [0.3, 0.4) is 0 Å². The van der Waals surface area contributed by atoms with Gasteiger partial charge in [-0.2, -0.15) is 11.8 Å². The van der Waals surface area contributed by atoms with Crippen LogP contribution in [0, 0.1) is 12.7 Å². The average molecular weight is 400 g/mol. The molecular formula is C21H26FN5S. The lowest BCUT2D eigenvalue weighted by Gasteiger charge is -2.11. The molecule has 3 rings (SSSR count). The first-order valence-electron chi connectivity index (χ1n) is 9.32. The second-order valence-electron chi connectivity index (χ2n) is 6.52. The van der Waals surface area contributed by atoms with E-state index in [1.165, 1.54) is 6.07 Å². The van der Waals surface area contributed by atoms with Crippen molar-refractivity contribution >= 4 is 23.4 Å². The number of thioether (sulfide) groups is 1. The molecule has 3 aromatic rings. The van der Waals surface area contributed by atoms with Gasteiger partial charge in [0.2, 0.25) is 0 Å². The Morgan fingerprint density at radius 1 is 1.21 bits per heavy atom. The molecule has 0 aliphatic heterocycles. The molecule has 0 radical (unpaired) electrons. The number of aryl methyl sites for hydroxylation is 1. The van der Waals surface area contributed by atoms with Crippen LogP contribution < -0.4 is 10.6 Å². The van der Waals surface area contributed by atoms with Gasteiger partial charge in [-0.15, -0.1) is 0 Å². The van der Waals surface area contributed by atoms with Crippen LogP contribution in [0.5, 0.6) is 0 Å². The molecule has 0 saturated carbocycles. The Kier molecular flexibility index (Phi) is 6.92. The van der Waals surface area contributed by atoms with Crippen molar-refractivity contribution in [3.63, 3.8) is 0 Å². The number of imidazole rings is 1. The lowest BCUT2D eigenvalue weighted by Crippen LogP contribution is -2.36. The fourth-order valence-electron chi connectivity index (χ4n) is 3.00. The topological polar surface area (TPSA) is 53.7 Å². The first kappa shape index (κ1) is 20.2. The predicted octanol–water partition coefficient (Wildman–Crippen LogP) is 3.90. The number of nitrogens with zero attached hydrogens (tertiary/aromatic N) is 3. The molecule has 0 spiro atoms. The molecule has 148 valence electrons. The van der Waals surface area contributed by atoms with E-state index < -0.39 is 0 Å². The van der Waals surface area contributed by atoms with Gasteiger partial charge in [-0.3, -0.25) is 0 Å². The number of rotatable bonds is 7. The van der Waals surface area contributed by atoms with Crippen LogP contribution in [-0.2, 0) is 18.8 Å². The summed E-state index contributed by atoms with van der Waals surface area (Å²) < 4.78 is 15.6. The molecule has 0 aliphatic rings. The summed E-state index contributed by atoms with van der Waals surface area (Å²) in [5.74, 6) is 1.28. The molecule has 1 aromatic carbocycles. The summed E-state index contributed by atoms with van der Waals surface area (Å²) in [5.41, 5.74) is 5.06. The minimum atomic E-state index is -0.205. The number of pyridine rings is 1. The minimum Gasteiger partial charge on any atom is -0.357 e. The van der Waals surface area contributed by atoms with Gasteiger partial charge in [0.1, 0.15) is 11.5 Å². The molecule has 2 aromatic heterocycles. The van der Waals surface area contributed by atoms with E-state index in [0.29, 0.717) is 13.1 Å². The second kappa shape index (κ2) is 9.59. The van der Waals surface area contributed by atoms with E-state index >= 15 is 0 Å². The molecule has 7 heteroatoms. The van der Waals surface area contributed by atoms with Gasteiger partial charge in [0.25, 0.3) is 0 Å². The number of nitrogens with one attached hydrogen (secondary N) is 2. The molecule has 0 saturated heterocycles. The van der Waals surface area contributed by atoms with Crippen molar-refractivity contribution in [2.75, 3.05) is 12.8 Å². The molecule has 2 N–H and O–H groups in total. The highest BCUT2D eigenvalue weighted by atomic mass is 32.2. The number of benzene rings is 1. The van der Waals surface area contributed by atoms with Gasteiger partial charge < -0.3 is 15.0 Å². The Hall–Kier alpha value is -2.54. The fraction of sp³-hybridized carbons (Fsp3) is 0.333. The molecule has 0 bridgehead atoms. The first-order valence-corrected chi connectivity index (χ1v) is 10.7. The highest BCUT2D eigenvalue weighted by Crippen LogP contribution is 2.17. The summed E-state index contributed by atoms with van der Waals surface area (Å²) in [5, 5.41) is 6.59. The number of hydrogen-bond acceptors (Lipinski definition) is 3. The SMILES string of the molecule is CCNC(=NCc1ccc(F)cc1CSC)NCc1cn2c(C)cccc2n1. The van der Waals surface area contributed by atoms with Crippen molar-refractivity contribution in [1.82, 2.24) is 20.0 Å². The Balaban J connectivity index is 1.71. The normalized spacial score (nSPS) is 11.8. The quantitative estimate of drug-likeness (QED) is 0.467. The van der Waals surface area contributed by atoms with Crippen LogP contribution in [0.2, 0.25) is 0 Å². The number of aliphatic imine (C=N–C) groups is 1. The van der Waals surface area contributed by atoms with E-state index in [0.717, 1.165) is 46.4 Å². The molecule has 28 heavy (non-hydrogen) atoms. The third-order valence-electron chi connectivity index (χ3n) is 4.40. The summed E-state index contributed by atoms with van der Waals surface area (Å²) in [6, 6.07) is 11.0. The van der Waals surface area contributed by atoms with Gasteiger partial charge >= 0.3 is 0 Å². The largest absolute Gasteiger partial charge is 0.357 e. The zero-order chi connectivity index (χ0) is 19.9. The van der Waals surface area contributed by atoms with E-state index in [-0.39, 0.29) is 5.82 Å². The molecule has 0 fully saturated rings. The standard InChI is InChI=1S/C21H26FN5S/c1-4-23-21(24-11-16-8-9-18(22)10-17(16)14-28-3)25-12-19-13-27-15(2)6-5-7-20(27)26-19/h5-10,13H,4,11-12,14H2,1-3H3,(H2,23,24,25). The van der Waals surface area contributed by atoms with Crippen molar-refractivity contribution < 1.29 is 4.39 Å². The smallest absolute Gasteiger partial charge is 0.191 e. The van der Waals surface area contributed by atoms with Gasteiger partial charge in [0, 0.05) is 24.2 Å². The van der Waals surface area contributed by atoms with E-state index in [9.17, 15) is 4.39 Å². The average Bonchev–Trinajstić information content (AvgIpc) is 3.10. The number of guanidine groups is 1. The Morgan fingerprint density at radius 3 is 2.82 bits per heavy atom. The maximum Gasteiger partial charge on any atom is 0.191 e. The van der Waals surface area contributed by atoms with E-state index in [1.807, 2.05) is 37.6 Å². The van der Waals surface area contributed by atoms with E-state index in [2.05, 4.69) is 38.0 Å². The molecule has 5 nitrogen and oxygen atoms in total. The van der Waals surface area contributed by atoms with Crippen LogP contribution in [0.4, 0.5) is 4.39 Å². The second-order valence-corrected chi connectivity index (χ2v) is 7.39. The number of hydrogen-bond donors (Lipinski definition) is 2. The number of aromatic nitrogens is 2. The first-order chi connectivity index (χ1) is 13.6. The van der Waals surface area contributed by atoms with Crippen LogP contribution in [0.25, 0.3) is 5.65 Å². The summed E-state index contributed by atoms with van der Waals surface area (Å²) in [7, 11) is 0. The summed E-state index contributed by atoms with van der Waals surface area (Å²) in [6.45, 7) is 5.93. The highest BCUT2D eigenvalue weighted by molar-refractivity contribution is 7.97. The van der Waals surface area contributed by atoms with Crippen LogP contribution in [0.15, 0.2) is 47.6 Å². The van der Waals surface area contributed by atoms with Crippen molar-refractivity contribution in [2.45, 2.75) is 32.7 Å². The summed E-state index contributed by atoms with van der Waals surface area (Å²) in [6.07, 6.45) is 4.05. The number of fused-ring (bicyclic) bond motifs is 1. The Bertz CT molecular complexity index is 967. The molecule has 0 unspecified atom stereocenters. The van der Waals surface area contributed by atoms with Crippen LogP contribution in [-0.4, -0.2) is 28.1 Å². The van der Waals surface area contributed by atoms with E-state index in [4.69, 9.17) is 0 Å². The monoisotopic (exact) mass is 399 g/mol. The molecular weight excluding hydrogens is 373 g/mol. The van der Waals surface area contributed by atoms with E-state index in [1.54, 1.807) is 17.8 Å². The molecule has 0 atom stereocenters. The zero-order valence-corrected chi connectivity index (χ0v) is 17.3. The van der Waals surface area contributed by atoms with Gasteiger partial charge in [0.05, 0.1) is 18.8 Å². The predicted molar refractivity (Wildman–Crippen MR) is 115 cm³/mol. The van der Waals surface area contributed by atoms with Crippen molar-refractivity contribution in [3.8, 4) is 0 Å². The Labute approximate surface area is 169 Å².